The summed E-state index contributed by atoms with van der Waals surface area (Å²) in [6.45, 7) is 0. The number of halogens is 3. The zero-order valence-electron chi connectivity index (χ0n) is 10.7. The van der Waals surface area contributed by atoms with Crippen LogP contribution in [0.5, 0.6) is 0 Å². The van der Waals surface area contributed by atoms with Gasteiger partial charge in [0.05, 0.1) is 0 Å². The number of aromatic nitrogens is 2. The van der Waals surface area contributed by atoms with Crippen LogP contribution in [0.15, 0.2) is 28.7 Å². The van der Waals surface area contributed by atoms with Crippen molar-refractivity contribution < 1.29 is 4.39 Å². The topological polar surface area (TPSA) is 25.8 Å². The van der Waals surface area contributed by atoms with Crippen LogP contribution in [-0.2, 0) is 0 Å². The van der Waals surface area contributed by atoms with E-state index in [1.54, 1.807) is 6.07 Å². The molecule has 0 amide bonds. The van der Waals surface area contributed by atoms with Gasteiger partial charge in [-0.15, -0.1) is 0 Å². The predicted molar refractivity (Wildman–Crippen MR) is 81.3 cm³/mol. The van der Waals surface area contributed by atoms with E-state index in [1.807, 2.05) is 6.07 Å². The normalized spacial score (nSPS) is 15.8. The number of rotatable bonds is 2. The van der Waals surface area contributed by atoms with E-state index in [-0.39, 0.29) is 5.82 Å². The van der Waals surface area contributed by atoms with Crippen molar-refractivity contribution in [2.75, 3.05) is 0 Å². The fourth-order valence-corrected chi connectivity index (χ4v) is 3.38. The van der Waals surface area contributed by atoms with Crippen molar-refractivity contribution in [3.05, 3.63) is 45.4 Å². The highest BCUT2D eigenvalue weighted by molar-refractivity contribution is 9.10. The molecule has 1 fully saturated rings. The number of hydrogen-bond acceptors (Lipinski definition) is 2. The van der Waals surface area contributed by atoms with E-state index < -0.39 is 0 Å². The van der Waals surface area contributed by atoms with Gasteiger partial charge in [-0.05, 0) is 53.0 Å². The Labute approximate surface area is 130 Å². The Morgan fingerprint density at radius 3 is 2.60 bits per heavy atom. The van der Waals surface area contributed by atoms with Gasteiger partial charge in [-0.25, -0.2) is 14.4 Å². The van der Waals surface area contributed by atoms with Gasteiger partial charge >= 0.3 is 0 Å². The van der Waals surface area contributed by atoms with Crippen LogP contribution in [0.25, 0.3) is 11.4 Å². The van der Waals surface area contributed by atoms with E-state index >= 15 is 0 Å². The molecule has 0 N–H and O–H groups in total. The average Bonchev–Trinajstić information content (AvgIpc) is 2.91. The van der Waals surface area contributed by atoms with Crippen LogP contribution in [0.3, 0.4) is 0 Å². The molecule has 2 aromatic rings. The van der Waals surface area contributed by atoms with Crippen molar-refractivity contribution in [3.8, 4) is 11.4 Å². The standard InChI is InChI=1S/C15H13BrClFN2/c16-12-7-10(18)5-6-11(12)15-19-13(8-14(17)20-15)9-3-1-2-4-9/h5-9H,1-4H2. The smallest absolute Gasteiger partial charge is 0.162 e. The highest BCUT2D eigenvalue weighted by atomic mass is 79.9. The third-order valence-corrected chi connectivity index (χ3v) is 4.51. The summed E-state index contributed by atoms with van der Waals surface area (Å²) in [4.78, 5) is 8.90. The summed E-state index contributed by atoms with van der Waals surface area (Å²) < 4.78 is 13.8. The minimum Gasteiger partial charge on any atom is -0.233 e. The summed E-state index contributed by atoms with van der Waals surface area (Å²) in [5.74, 6) is 0.721. The largest absolute Gasteiger partial charge is 0.233 e. The van der Waals surface area contributed by atoms with Crippen molar-refractivity contribution in [1.29, 1.82) is 0 Å². The van der Waals surface area contributed by atoms with Crippen LogP contribution in [0.4, 0.5) is 4.39 Å². The zero-order valence-corrected chi connectivity index (χ0v) is 13.1. The van der Waals surface area contributed by atoms with Gasteiger partial charge in [-0.3, -0.25) is 0 Å². The predicted octanol–water partition coefficient (Wildman–Crippen LogP) is 5.36. The Kier molecular flexibility index (Phi) is 4.03. The average molecular weight is 356 g/mol. The Balaban J connectivity index is 2.04. The van der Waals surface area contributed by atoms with Crippen LogP contribution in [-0.4, -0.2) is 9.97 Å². The molecule has 1 heterocycles. The molecule has 1 saturated carbocycles. The lowest BCUT2D eigenvalue weighted by Gasteiger charge is -2.11. The van der Waals surface area contributed by atoms with Crippen molar-refractivity contribution in [2.45, 2.75) is 31.6 Å². The first-order valence-electron chi connectivity index (χ1n) is 6.63. The van der Waals surface area contributed by atoms with E-state index in [4.69, 9.17) is 11.6 Å². The SMILES string of the molecule is Fc1ccc(-c2nc(Cl)cc(C3CCCC3)n2)c(Br)c1. The Morgan fingerprint density at radius 2 is 1.90 bits per heavy atom. The maximum atomic E-state index is 13.2. The Morgan fingerprint density at radius 1 is 1.15 bits per heavy atom. The molecule has 104 valence electrons. The van der Waals surface area contributed by atoms with Crippen LogP contribution in [0, 0.1) is 5.82 Å². The first-order valence-corrected chi connectivity index (χ1v) is 7.80. The maximum absolute atomic E-state index is 13.2. The molecule has 0 radical (unpaired) electrons. The van der Waals surface area contributed by atoms with Gasteiger partial charge in [0.15, 0.2) is 5.82 Å². The lowest BCUT2D eigenvalue weighted by atomic mass is 10.0. The lowest BCUT2D eigenvalue weighted by molar-refractivity contribution is 0.627. The van der Waals surface area contributed by atoms with Crippen molar-refractivity contribution in [2.24, 2.45) is 0 Å². The first-order chi connectivity index (χ1) is 9.63. The second-order valence-electron chi connectivity index (χ2n) is 5.04. The summed E-state index contributed by atoms with van der Waals surface area (Å²) in [5.41, 5.74) is 1.75. The van der Waals surface area contributed by atoms with Crippen molar-refractivity contribution in [1.82, 2.24) is 9.97 Å². The Hall–Kier alpha value is -1.00. The fourth-order valence-electron chi connectivity index (χ4n) is 2.66. The molecule has 1 aromatic heterocycles. The molecular weight excluding hydrogens is 343 g/mol. The third-order valence-electron chi connectivity index (χ3n) is 3.66. The zero-order chi connectivity index (χ0) is 14.1. The molecule has 2 nitrogen and oxygen atoms in total. The Bertz CT molecular complexity index is 642. The van der Waals surface area contributed by atoms with E-state index in [2.05, 4.69) is 25.9 Å². The minimum atomic E-state index is -0.293. The first kappa shape index (κ1) is 14.0. The number of nitrogens with zero attached hydrogens (tertiary/aromatic N) is 2. The summed E-state index contributed by atoms with van der Waals surface area (Å²) in [5, 5.41) is 0.438. The summed E-state index contributed by atoms with van der Waals surface area (Å²) >= 11 is 9.47. The van der Waals surface area contributed by atoms with E-state index in [1.165, 1.54) is 25.0 Å². The molecule has 0 saturated heterocycles. The highest BCUT2D eigenvalue weighted by Gasteiger charge is 2.20. The molecule has 1 aliphatic carbocycles. The molecule has 0 unspecified atom stereocenters. The van der Waals surface area contributed by atoms with Gasteiger partial charge in [0, 0.05) is 21.6 Å². The molecule has 5 heteroatoms. The number of hydrogen-bond donors (Lipinski definition) is 0. The minimum absolute atomic E-state index is 0.293. The molecule has 0 atom stereocenters. The van der Waals surface area contributed by atoms with Gasteiger partial charge in [0.1, 0.15) is 11.0 Å². The maximum Gasteiger partial charge on any atom is 0.162 e. The molecule has 0 spiro atoms. The van der Waals surface area contributed by atoms with E-state index in [0.717, 1.165) is 24.1 Å². The second-order valence-corrected chi connectivity index (χ2v) is 6.29. The summed E-state index contributed by atoms with van der Waals surface area (Å²) in [6.07, 6.45) is 4.78. The van der Waals surface area contributed by atoms with Gasteiger partial charge in [0.25, 0.3) is 0 Å². The van der Waals surface area contributed by atoms with Crippen LogP contribution in [0.2, 0.25) is 5.15 Å². The van der Waals surface area contributed by atoms with Crippen LogP contribution in [0.1, 0.15) is 37.3 Å². The van der Waals surface area contributed by atoms with E-state index in [0.29, 0.717) is 21.4 Å². The summed E-state index contributed by atoms with van der Waals surface area (Å²) in [7, 11) is 0. The summed E-state index contributed by atoms with van der Waals surface area (Å²) in [6, 6.07) is 6.33. The third kappa shape index (κ3) is 2.86. The molecule has 0 aliphatic heterocycles. The molecule has 1 aliphatic rings. The highest BCUT2D eigenvalue weighted by Crippen LogP contribution is 2.35. The van der Waals surface area contributed by atoms with Gasteiger partial charge < -0.3 is 0 Å². The van der Waals surface area contributed by atoms with Crippen molar-refractivity contribution in [3.63, 3.8) is 0 Å². The van der Waals surface area contributed by atoms with Gasteiger partial charge in [0.2, 0.25) is 0 Å². The quantitative estimate of drug-likeness (QED) is 0.678. The van der Waals surface area contributed by atoms with Crippen LogP contribution < -0.4 is 0 Å². The van der Waals surface area contributed by atoms with Gasteiger partial charge in [-0.2, -0.15) is 0 Å². The number of benzene rings is 1. The monoisotopic (exact) mass is 354 g/mol. The van der Waals surface area contributed by atoms with E-state index in [9.17, 15) is 4.39 Å². The lowest BCUT2D eigenvalue weighted by Crippen LogP contribution is -2.01. The molecule has 3 rings (SSSR count). The van der Waals surface area contributed by atoms with Gasteiger partial charge in [-0.1, -0.05) is 24.4 Å². The van der Waals surface area contributed by atoms with Crippen molar-refractivity contribution >= 4 is 27.5 Å². The fraction of sp³-hybridized carbons (Fsp3) is 0.333. The second kappa shape index (κ2) is 5.78. The molecule has 0 bridgehead atoms. The van der Waals surface area contributed by atoms with Crippen LogP contribution >= 0.6 is 27.5 Å². The molecule has 1 aromatic carbocycles. The molecule has 20 heavy (non-hydrogen) atoms. The molecular formula is C15H13BrClFN2.